The number of amides is 1. The maximum absolute atomic E-state index is 13.2. The van der Waals surface area contributed by atoms with Gasteiger partial charge in [0.15, 0.2) is 0 Å². The molecule has 6 heteroatoms. The van der Waals surface area contributed by atoms with Crippen molar-refractivity contribution in [3.8, 4) is 0 Å². The summed E-state index contributed by atoms with van der Waals surface area (Å²) in [6.07, 6.45) is 1.02. The van der Waals surface area contributed by atoms with Crippen LogP contribution in [0.3, 0.4) is 0 Å². The minimum atomic E-state index is -0.847. The first kappa shape index (κ1) is 15.9. The standard InChI is InChI=1S/C15H17BrFNO3/c1-9(6-10-2-3-13(17)12(16)7-10)14(19)18-5-4-11(8-18)15(20)21/h2-3,7,9,11H,4-6,8H2,1H3,(H,20,21). The number of carbonyl (C=O) groups excluding carboxylic acids is 1. The van der Waals surface area contributed by atoms with Crippen molar-refractivity contribution in [2.24, 2.45) is 11.8 Å². The number of halogens is 2. The fraction of sp³-hybridized carbons (Fsp3) is 0.467. The molecule has 2 rings (SSSR count). The summed E-state index contributed by atoms with van der Waals surface area (Å²) in [4.78, 5) is 24.9. The molecular weight excluding hydrogens is 341 g/mol. The van der Waals surface area contributed by atoms with Gasteiger partial charge in [0, 0.05) is 19.0 Å². The highest BCUT2D eigenvalue weighted by molar-refractivity contribution is 9.10. The lowest BCUT2D eigenvalue weighted by Gasteiger charge is -2.20. The van der Waals surface area contributed by atoms with E-state index < -0.39 is 11.9 Å². The third kappa shape index (κ3) is 3.81. The van der Waals surface area contributed by atoms with Crippen LogP contribution in [0.4, 0.5) is 4.39 Å². The molecule has 1 saturated heterocycles. The summed E-state index contributed by atoms with van der Waals surface area (Å²) in [5.41, 5.74) is 0.873. The van der Waals surface area contributed by atoms with Crippen LogP contribution in [-0.4, -0.2) is 35.0 Å². The van der Waals surface area contributed by atoms with E-state index in [0.29, 0.717) is 23.9 Å². The number of rotatable bonds is 4. The summed E-state index contributed by atoms with van der Waals surface area (Å²) in [5.74, 6) is -1.93. The van der Waals surface area contributed by atoms with E-state index in [1.54, 1.807) is 17.0 Å². The van der Waals surface area contributed by atoms with E-state index in [9.17, 15) is 14.0 Å². The number of hydrogen-bond acceptors (Lipinski definition) is 2. The van der Waals surface area contributed by atoms with E-state index in [2.05, 4.69) is 15.9 Å². The molecule has 0 saturated carbocycles. The van der Waals surface area contributed by atoms with Crippen LogP contribution in [0.15, 0.2) is 22.7 Å². The zero-order valence-electron chi connectivity index (χ0n) is 11.7. The van der Waals surface area contributed by atoms with Gasteiger partial charge in [-0.1, -0.05) is 13.0 Å². The van der Waals surface area contributed by atoms with Crippen LogP contribution in [0.1, 0.15) is 18.9 Å². The predicted octanol–water partition coefficient (Wildman–Crippen LogP) is 2.70. The minimum absolute atomic E-state index is 0.0424. The zero-order chi connectivity index (χ0) is 15.6. The van der Waals surface area contributed by atoms with Gasteiger partial charge in [-0.3, -0.25) is 9.59 Å². The van der Waals surface area contributed by atoms with Gasteiger partial charge in [0.1, 0.15) is 5.82 Å². The van der Waals surface area contributed by atoms with Crippen LogP contribution in [0.25, 0.3) is 0 Å². The van der Waals surface area contributed by atoms with Crippen LogP contribution < -0.4 is 0 Å². The number of carboxylic acid groups (broad SMARTS) is 1. The van der Waals surface area contributed by atoms with Gasteiger partial charge in [-0.15, -0.1) is 0 Å². The van der Waals surface area contributed by atoms with Crippen molar-refractivity contribution in [2.45, 2.75) is 19.8 Å². The Kier molecular flexibility index (Phi) is 4.98. The van der Waals surface area contributed by atoms with Crippen LogP contribution >= 0.6 is 15.9 Å². The first-order chi connectivity index (χ1) is 9.88. The summed E-state index contributed by atoms with van der Waals surface area (Å²) in [5, 5.41) is 8.96. The molecule has 21 heavy (non-hydrogen) atoms. The second-order valence-corrected chi connectivity index (χ2v) is 6.32. The Balaban J connectivity index is 1.96. The quantitative estimate of drug-likeness (QED) is 0.901. The molecule has 0 radical (unpaired) electrons. The smallest absolute Gasteiger partial charge is 0.308 e. The SMILES string of the molecule is CC(Cc1ccc(F)c(Br)c1)C(=O)N1CCC(C(=O)O)C1. The van der Waals surface area contributed by atoms with Crippen molar-refractivity contribution >= 4 is 27.8 Å². The molecule has 0 aromatic heterocycles. The average Bonchev–Trinajstić information content (AvgIpc) is 2.92. The largest absolute Gasteiger partial charge is 0.481 e. The molecule has 1 heterocycles. The maximum atomic E-state index is 13.2. The van der Waals surface area contributed by atoms with Gasteiger partial charge in [0.05, 0.1) is 10.4 Å². The summed E-state index contributed by atoms with van der Waals surface area (Å²) in [7, 11) is 0. The number of likely N-dealkylation sites (tertiary alicyclic amines) is 1. The Bertz CT molecular complexity index is 564. The Morgan fingerprint density at radius 1 is 1.52 bits per heavy atom. The molecule has 2 atom stereocenters. The van der Waals surface area contributed by atoms with Gasteiger partial charge in [-0.05, 0) is 46.5 Å². The van der Waals surface area contributed by atoms with Crippen LogP contribution in [-0.2, 0) is 16.0 Å². The molecule has 1 aromatic carbocycles. The Labute approximate surface area is 131 Å². The molecule has 0 aliphatic carbocycles. The van der Waals surface area contributed by atoms with Crippen molar-refractivity contribution in [1.82, 2.24) is 4.90 Å². The van der Waals surface area contributed by atoms with Crippen molar-refractivity contribution in [2.75, 3.05) is 13.1 Å². The van der Waals surface area contributed by atoms with E-state index >= 15 is 0 Å². The predicted molar refractivity (Wildman–Crippen MR) is 79.3 cm³/mol. The zero-order valence-corrected chi connectivity index (χ0v) is 13.3. The van der Waals surface area contributed by atoms with Gasteiger partial charge in [-0.2, -0.15) is 0 Å². The molecular formula is C15H17BrFNO3. The summed E-state index contributed by atoms with van der Waals surface area (Å²) < 4.78 is 13.6. The number of nitrogens with zero attached hydrogens (tertiary/aromatic N) is 1. The minimum Gasteiger partial charge on any atom is -0.481 e. The van der Waals surface area contributed by atoms with Gasteiger partial charge >= 0.3 is 5.97 Å². The lowest BCUT2D eigenvalue weighted by atomic mass is 10.00. The van der Waals surface area contributed by atoms with Gasteiger partial charge in [-0.25, -0.2) is 4.39 Å². The Hall–Kier alpha value is -1.43. The van der Waals surface area contributed by atoms with Crippen LogP contribution in [0.5, 0.6) is 0 Å². The fourth-order valence-corrected chi connectivity index (χ4v) is 3.01. The number of carbonyl (C=O) groups is 2. The highest BCUT2D eigenvalue weighted by Crippen LogP contribution is 2.22. The van der Waals surface area contributed by atoms with E-state index in [-0.39, 0.29) is 24.2 Å². The van der Waals surface area contributed by atoms with Crippen molar-refractivity contribution in [3.05, 3.63) is 34.1 Å². The molecule has 114 valence electrons. The molecule has 1 fully saturated rings. The molecule has 1 N–H and O–H groups in total. The Morgan fingerprint density at radius 3 is 2.81 bits per heavy atom. The summed E-state index contributed by atoms with van der Waals surface area (Å²) >= 11 is 3.13. The van der Waals surface area contributed by atoms with Crippen molar-refractivity contribution in [1.29, 1.82) is 0 Å². The van der Waals surface area contributed by atoms with Gasteiger partial charge in [0.2, 0.25) is 5.91 Å². The van der Waals surface area contributed by atoms with Gasteiger partial charge in [0.25, 0.3) is 0 Å². The lowest BCUT2D eigenvalue weighted by molar-refractivity contribution is -0.141. The van der Waals surface area contributed by atoms with Crippen LogP contribution in [0.2, 0.25) is 0 Å². The maximum Gasteiger partial charge on any atom is 0.308 e. The molecule has 1 aromatic rings. The molecule has 1 amide bonds. The van der Waals surface area contributed by atoms with E-state index in [4.69, 9.17) is 5.11 Å². The van der Waals surface area contributed by atoms with Crippen molar-refractivity contribution < 1.29 is 19.1 Å². The number of hydrogen-bond donors (Lipinski definition) is 1. The first-order valence-corrected chi connectivity index (χ1v) is 7.63. The first-order valence-electron chi connectivity index (χ1n) is 6.84. The summed E-state index contributed by atoms with van der Waals surface area (Å²) in [6, 6.07) is 4.70. The summed E-state index contributed by atoms with van der Waals surface area (Å²) in [6.45, 7) is 2.59. The average molecular weight is 358 g/mol. The molecule has 0 bridgehead atoms. The fourth-order valence-electron chi connectivity index (χ4n) is 2.58. The van der Waals surface area contributed by atoms with Crippen LogP contribution in [0, 0.1) is 17.7 Å². The van der Waals surface area contributed by atoms with E-state index in [0.717, 1.165) is 5.56 Å². The number of benzene rings is 1. The molecule has 0 spiro atoms. The third-order valence-corrected chi connectivity index (χ3v) is 4.40. The highest BCUT2D eigenvalue weighted by Gasteiger charge is 2.32. The van der Waals surface area contributed by atoms with Crippen molar-refractivity contribution in [3.63, 3.8) is 0 Å². The highest BCUT2D eigenvalue weighted by atomic mass is 79.9. The topological polar surface area (TPSA) is 57.6 Å². The lowest BCUT2D eigenvalue weighted by Crippen LogP contribution is -2.34. The molecule has 2 unspecified atom stereocenters. The van der Waals surface area contributed by atoms with E-state index in [1.165, 1.54) is 6.07 Å². The number of aliphatic carboxylic acids is 1. The van der Waals surface area contributed by atoms with E-state index in [1.807, 2.05) is 6.92 Å². The molecule has 1 aliphatic rings. The monoisotopic (exact) mass is 357 g/mol. The second-order valence-electron chi connectivity index (χ2n) is 5.46. The third-order valence-electron chi connectivity index (χ3n) is 3.80. The second kappa shape index (κ2) is 6.56. The normalized spacial score (nSPS) is 19.6. The Morgan fingerprint density at radius 2 is 2.24 bits per heavy atom. The van der Waals surface area contributed by atoms with Gasteiger partial charge < -0.3 is 10.0 Å². The molecule has 1 aliphatic heterocycles. The number of carboxylic acids is 1. The molecule has 4 nitrogen and oxygen atoms in total.